The number of furan rings is 1. The van der Waals surface area contributed by atoms with Crippen molar-refractivity contribution in [3.8, 4) is 0 Å². The van der Waals surface area contributed by atoms with Gasteiger partial charge in [-0.15, -0.1) is 0 Å². The highest BCUT2D eigenvalue weighted by molar-refractivity contribution is 7.91. The lowest BCUT2D eigenvalue weighted by atomic mass is 10.1. The van der Waals surface area contributed by atoms with Gasteiger partial charge in [0.1, 0.15) is 16.8 Å². The van der Waals surface area contributed by atoms with Gasteiger partial charge in [0.2, 0.25) is 0 Å². The lowest BCUT2D eigenvalue weighted by Gasteiger charge is -2.17. The zero-order chi connectivity index (χ0) is 23.1. The smallest absolute Gasteiger partial charge is 0.309 e. The van der Waals surface area contributed by atoms with Crippen LogP contribution in [0.2, 0.25) is 0 Å². The predicted molar refractivity (Wildman–Crippen MR) is 116 cm³/mol. The Hall–Kier alpha value is -3.46. The Morgan fingerprint density at radius 3 is 2.25 bits per heavy atom. The van der Waals surface area contributed by atoms with Gasteiger partial charge >= 0.3 is 11.8 Å². The van der Waals surface area contributed by atoms with E-state index in [1.807, 2.05) is 6.92 Å². The summed E-state index contributed by atoms with van der Waals surface area (Å²) in [6.07, 6.45) is 1.76. The minimum atomic E-state index is -3.89. The van der Waals surface area contributed by atoms with Crippen LogP contribution in [-0.2, 0) is 25.8 Å². The zero-order valence-electron chi connectivity index (χ0n) is 17.4. The fraction of sp³-hybridized carbons (Fsp3) is 0.217. The normalized spacial score (nSPS) is 12.2. The maximum absolute atomic E-state index is 13.1. The van der Waals surface area contributed by atoms with Crippen LogP contribution < -0.4 is 10.6 Å². The van der Waals surface area contributed by atoms with Crippen LogP contribution >= 0.6 is 0 Å². The lowest BCUT2D eigenvalue weighted by molar-refractivity contribution is -0.139. The van der Waals surface area contributed by atoms with Gasteiger partial charge in [0, 0.05) is 13.1 Å². The molecule has 0 aliphatic rings. The number of carbonyl (C=O) groups is 2. The summed E-state index contributed by atoms with van der Waals surface area (Å²) < 4.78 is 44.5. The number of nitrogens with one attached hydrogen (secondary N) is 2. The van der Waals surface area contributed by atoms with E-state index in [9.17, 15) is 22.4 Å². The molecule has 2 N–H and O–H groups in total. The SMILES string of the molecule is Cc1ccc(S(=O)(=O)[C@H](CNC(=O)C(=O)NCCc2ccc(F)cc2)c2ccco2)cc1. The topological polar surface area (TPSA) is 105 Å². The summed E-state index contributed by atoms with van der Waals surface area (Å²) in [6.45, 7) is 1.67. The summed E-state index contributed by atoms with van der Waals surface area (Å²) in [5.41, 5.74) is 1.71. The van der Waals surface area contributed by atoms with Gasteiger partial charge in [-0.2, -0.15) is 0 Å². The molecule has 0 unspecified atom stereocenters. The van der Waals surface area contributed by atoms with E-state index in [0.29, 0.717) is 6.42 Å². The van der Waals surface area contributed by atoms with Crippen LogP contribution in [0, 0.1) is 12.7 Å². The highest BCUT2D eigenvalue weighted by Gasteiger charge is 2.32. The molecule has 3 rings (SSSR count). The molecule has 2 amide bonds. The highest BCUT2D eigenvalue weighted by Crippen LogP contribution is 2.29. The summed E-state index contributed by atoms with van der Waals surface area (Å²) in [6, 6.07) is 15.2. The van der Waals surface area contributed by atoms with E-state index >= 15 is 0 Å². The van der Waals surface area contributed by atoms with E-state index in [2.05, 4.69) is 10.6 Å². The molecule has 7 nitrogen and oxygen atoms in total. The molecule has 9 heteroatoms. The van der Waals surface area contributed by atoms with Crippen molar-refractivity contribution in [2.24, 2.45) is 0 Å². The molecule has 168 valence electrons. The van der Waals surface area contributed by atoms with Crippen molar-refractivity contribution < 1.29 is 26.8 Å². The van der Waals surface area contributed by atoms with E-state index in [1.54, 1.807) is 30.3 Å². The quantitative estimate of drug-likeness (QED) is 0.505. The largest absolute Gasteiger partial charge is 0.468 e. The molecule has 3 aromatic rings. The first-order chi connectivity index (χ1) is 15.3. The van der Waals surface area contributed by atoms with Crippen LogP contribution in [0.15, 0.2) is 76.2 Å². The average molecular weight is 459 g/mol. The molecule has 0 bridgehead atoms. The number of aryl methyl sites for hydroxylation is 1. The molecule has 0 spiro atoms. The molecule has 0 aliphatic carbocycles. The zero-order valence-corrected chi connectivity index (χ0v) is 18.2. The van der Waals surface area contributed by atoms with Crippen LogP contribution in [0.25, 0.3) is 0 Å². The number of hydrogen-bond acceptors (Lipinski definition) is 5. The fourth-order valence-electron chi connectivity index (χ4n) is 3.05. The van der Waals surface area contributed by atoms with E-state index in [4.69, 9.17) is 4.42 Å². The Kier molecular flexibility index (Phi) is 7.42. The van der Waals surface area contributed by atoms with Crippen molar-refractivity contribution in [2.75, 3.05) is 13.1 Å². The van der Waals surface area contributed by atoms with Crippen molar-refractivity contribution >= 4 is 21.7 Å². The second kappa shape index (κ2) is 10.2. The van der Waals surface area contributed by atoms with E-state index in [-0.39, 0.29) is 29.6 Å². The van der Waals surface area contributed by atoms with Gasteiger partial charge in [-0.05, 0) is 55.3 Å². The second-order valence-electron chi connectivity index (χ2n) is 7.20. The van der Waals surface area contributed by atoms with Gasteiger partial charge in [-0.25, -0.2) is 12.8 Å². The number of carbonyl (C=O) groups excluding carboxylic acids is 2. The lowest BCUT2D eigenvalue weighted by Crippen LogP contribution is -2.42. The average Bonchev–Trinajstić information content (AvgIpc) is 3.29. The number of hydrogen-bond donors (Lipinski definition) is 2. The second-order valence-corrected chi connectivity index (χ2v) is 9.33. The molecule has 32 heavy (non-hydrogen) atoms. The van der Waals surface area contributed by atoms with Crippen LogP contribution in [0.1, 0.15) is 22.1 Å². The maximum Gasteiger partial charge on any atom is 0.309 e. The van der Waals surface area contributed by atoms with Gasteiger partial charge in [-0.3, -0.25) is 9.59 Å². The molecule has 2 aromatic carbocycles. The summed E-state index contributed by atoms with van der Waals surface area (Å²) in [5, 5.41) is 3.64. The number of sulfone groups is 1. The Morgan fingerprint density at radius 2 is 1.62 bits per heavy atom. The summed E-state index contributed by atoms with van der Waals surface area (Å²) in [4.78, 5) is 24.4. The molecule has 0 saturated carbocycles. The number of halogens is 1. The first-order valence-electron chi connectivity index (χ1n) is 9.92. The van der Waals surface area contributed by atoms with Gasteiger partial charge < -0.3 is 15.1 Å². The Morgan fingerprint density at radius 1 is 0.969 bits per heavy atom. The third-order valence-corrected chi connectivity index (χ3v) is 6.93. The molecule has 0 saturated heterocycles. The molecule has 1 atom stereocenters. The van der Waals surface area contributed by atoms with Gasteiger partial charge in [0.25, 0.3) is 0 Å². The van der Waals surface area contributed by atoms with Crippen LogP contribution in [-0.4, -0.2) is 33.3 Å². The molecule has 1 aromatic heterocycles. The van der Waals surface area contributed by atoms with Gasteiger partial charge in [0.15, 0.2) is 9.84 Å². The minimum Gasteiger partial charge on any atom is -0.468 e. The van der Waals surface area contributed by atoms with Crippen molar-refractivity contribution in [2.45, 2.75) is 23.5 Å². The van der Waals surface area contributed by atoms with E-state index in [1.165, 1.54) is 36.6 Å². The molecular weight excluding hydrogens is 435 g/mol. The first-order valence-corrected chi connectivity index (χ1v) is 11.5. The van der Waals surface area contributed by atoms with Gasteiger partial charge in [-0.1, -0.05) is 29.8 Å². The monoisotopic (exact) mass is 458 g/mol. The van der Waals surface area contributed by atoms with E-state index < -0.39 is 26.9 Å². The fourth-order valence-corrected chi connectivity index (χ4v) is 4.63. The Balaban J connectivity index is 1.61. The third-order valence-electron chi connectivity index (χ3n) is 4.85. The van der Waals surface area contributed by atoms with Crippen LogP contribution in [0.5, 0.6) is 0 Å². The van der Waals surface area contributed by atoms with Crippen LogP contribution in [0.3, 0.4) is 0 Å². The summed E-state index contributed by atoms with van der Waals surface area (Å²) in [5.74, 6) is -2.05. The number of amides is 2. The van der Waals surface area contributed by atoms with Crippen molar-refractivity contribution in [3.05, 3.63) is 89.6 Å². The molecule has 0 aliphatic heterocycles. The molecule has 0 radical (unpaired) electrons. The molecular formula is C23H23FN2O5S. The number of benzene rings is 2. The molecule has 1 heterocycles. The van der Waals surface area contributed by atoms with Crippen molar-refractivity contribution in [1.82, 2.24) is 10.6 Å². The Labute approximate surface area is 185 Å². The van der Waals surface area contributed by atoms with Crippen LogP contribution in [0.4, 0.5) is 4.39 Å². The standard InChI is InChI=1S/C23H23FN2O5S/c1-16-4-10-19(11-5-16)32(29,30)21(20-3-2-14-31-20)15-26-23(28)22(27)25-13-12-17-6-8-18(24)9-7-17/h2-11,14,21H,12-13,15H2,1H3,(H,25,27)(H,26,28)/t21-/m1/s1. The third kappa shape index (κ3) is 5.82. The first kappa shape index (κ1) is 23.2. The number of rotatable bonds is 8. The Bertz CT molecular complexity index is 1160. The van der Waals surface area contributed by atoms with Gasteiger partial charge in [0.05, 0.1) is 11.2 Å². The predicted octanol–water partition coefficient (Wildman–Crippen LogP) is 2.72. The summed E-state index contributed by atoms with van der Waals surface area (Å²) >= 11 is 0. The molecule has 0 fully saturated rings. The van der Waals surface area contributed by atoms with Crippen molar-refractivity contribution in [1.29, 1.82) is 0 Å². The maximum atomic E-state index is 13.1. The minimum absolute atomic E-state index is 0.0856. The van der Waals surface area contributed by atoms with Crippen molar-refractivity contribution in [3.63, 3.8) is 0 Å². The summed E-state index contributed by atoms with van der Waals surface area (Å²) in [7, 11) is -3.89. The van der Waals surface area contributed by atoms with E-state index in [0.717, 1.165) is 11.1 Å². The highest BCUT2D eigenvalue weighted by atomic mass is 32.2.